The van der Waals surface area contributed by atoms with Crippen molar-refractivity contribution in [2.45, 2.75) is 6.04 Å². The lowest BCUT2D eigenvalue weighted by Crippen LogP contribution is -2.48. The molecule has 0 aliphatic carbocycles. The van der Waals surface area contributed by atoms with Gasteiger partial charge >= 0.3 is 0 Å². The van der Waals surface area contributed by atoms with Gasteiger partial charge in [0, 0.05) is 49.7 Å². The summed E-state index contributed by atoms with van der Waals surface area (Å²) in [6.07, 6.45) is 0. The quantitative estimate of drug-likeness (QED) is 0.852. The minimum Gasteiger partial charge on any atom is -0.369 e. The molecule has 0 spiro atoms. The number of hydrogen-bond donors (Lipinski definition) is 0. The maximum absolute atomic E-state index is 4.95. The first-order valence-corrected chi connectivity index (χ1v) is 9.65. The van der Waals surface area contributed by atoms with Crippen LogP contribution in [-0.2, 0) is 0 Å². The van der Waals surface area contributed by atoms with Crippen LogP contribution in [0.2, 0.25) is 0 Å². The molecular weight excluding hydrogens is 314 g/mol. The van der Waals surface area contributed by atoms with E-state index in [-0.39, 0.29) is 0 Å². The molecule has 2 heterocycles. The highest BCUT2D eigenvalue weighted by atomic mass is 32.2. The second kappa shape index (κ2) is 7.41. The van der Waals surface area contributed by atoms with Gasteiger partial charge in [0.25, 0.3) is 0 Å². The summed E-state index contributed by atoms with van der Waals surface area (Å²) in [5.74, 6) is 1.11. The van der Waals surface area contributed by atoms with E-state index in [1.165, 1.54) is 16.3 Å². The Morgan fingerprint density at radius 3 is 2.25 bits per heavy atom. The predicted octanol–water partition coefficient (Wildman–Crippen LogP) is 3.37. The Bertz CT molecular complexity index is 679. The summed E-state index contributed by atoms with van der Waals surface area (Å²) in [4.78, 5) is 10.0. The van der Waals surface area contributed by atoms with Crippen molar-refractivity contribution in [3.63, 3.8) is 0 Å². The molecule has 0 radical (unpaired) electrons. The highest BCUT2D eigenvalue weighted by Crippen LogP contribution is 2.24. The minimum absolute atomic E-state index is 0.438. The number of rotatable bonds is 4. The van der Waals surface area contributed by atoms with Crippen LogP contribution < -0.4 is 4.90 Å². The molecule has 1 fully saturated rings. The fourth-order valence-electron chi connectivity index (χ4n) is 3.37. The van der Waals surface area contributed by atoms with E-state index in [1.54, 1.807) is 0 Å². The number of anilines is 1. The highest BCUT2D eigenvalue weighted by molar-refractivity contribution is 8.14. The van der Waals surface area contributed by atoms with Crippen molar-refractivity contribution in [1.82, 2.24) is 4.90 Å². The van der Waals surface area contributed by atoms with E-state index in [0.717, 1.165) is 38.5 Å². The molecule has 1 atom stereocenters. The zero-order valence-corrected chi connectivity index (χ0v) is 14.7. The van der Waals surface area contributed by atoms with E-state index in [4.69, 9.17) is 4.99 Å². The van der Waals surface area contributed by atoms with E-state index in [2.05, 4.69) is 70.5 Å². The Balaban J connectivity index is 1.31. The molecular formula is C20H23N3S. The molecule has 24 heavy (non-hydrogen) atoms. The summed E-state index contributed by atoms with van der Waals surface area (Å²) in [6, 6.07) is 21.7. The lowest BCUT2D eigenvalue weighted by Gasteiger charge is -2.36. The topological polar surface area (TPSA) is 18.8 Å². The summed E-state index contributed by atoms with van der Waals surface area (Å²) in [7, 11) is 0. The summed E-state index contributed by atoms with van der Waals surface area (Å²) >= 11 is 1.90. The first kappa shape index (κ1) is 15.7. The average Bonchev–Trinajstić information content (AvgIpc) is 3.12. The zero-order valence-electron chi connectivity index (χ0n) is 13.8. The molecule has 2 aliphatic rings. The third kappa shape index (κ3) is 3.65. The molecule has 4 rings (SSSR count). The van der Waals surface area contributed by atoms with Gasteiger partial charge in [-0.1, -0.05) is 48.5 Å². The SMILES string of the molecule is c1ccc(C2=N[C@H](CN3CCN(c4ccccc4)CC3)CS2)cc1. The van der Waals surface area contributed by atoms with Crippen LogP contribution in [-0.4, -0.2) is 54.5 Å². The Hall–Kier alpha value is -1.78. The lowest BCUT2D eigenvalue weighted by molar-refractivity contribution is 0.249. The lowest BCUT2D eigenvalue weighted by atomic mass is 10.2. The maximum Gasteiger partial charge on any atom is 0.0981 e. The van der Waals surface area contributed by atoms with Crippen LogP contribution in [0.3, 0.4) is 0 Å². The van der Waals surface area contributed by atoms with E-state index in [0.29, 0.717) is 6.04 Å². The molecule has 0 bridgehead atoms. The molecule has 0 N–H and O–H groups in total. The number of benzene rings is 2. The molecule has 0 aromatic heterocycles. The van der Waals surface area contributed by atoms with Crippen LogP contribution in [0.15, 0.2) is 65.7 Å². The van der Waals surface area contributed by atoms with Gasteiger partial charge in [-0.25, -0.2) is 0 Å². The smallest absolute Gasteiger partial charge is 0.0981 e. The van der Waals surface area contributed by atoms with E-state index < -0.39 is 0 Å². The van der Waals surface area contributed by atoms with E-state index >= 15 is 0 Å². The number of hydrogen-bond acceptors (Lipinski definition) is 4. The standard InChI is InChI=1S/C20H23N3S/c1-3-7-17(8-4-1)20-21-18(16-24-20)15-22-11-13-23(14-12-22)19-9-5-2-6-10-19/h1-10,18H,11-16H2/t18-/m1/s1. The summed E-state index contributed by atoms with van der Waals surface area (Å²) in [5.41, 5.74) is 2.61. The Morgan fingerprint density at radius 2 is 1.54 bits per heavy atom. The van der Waals surface area contributed by atoms with Crippen molar-refractivity contribution >= 4 is 22.5 Å². The van der Waals surface area contributed by atoms with Crippen LogP contribution in [0.1, 0.15) is 5.56 Å². The van der Waals surface area contributed by atoms with Crippen molar-refractivity contribution in [2.75, 3.05) is 43.4 Å². The maximum atomic E-state index is 4.95. The Morgan fingerprint density at radius 1 is 0.875 bits per heavy atom. The number of piperazine rings is 1. The molecule has 124 valence electrons. The van der Waals surface area contributed by atoms with Gasteiger partial charge in [0.1, 0.15) is 0 Å². The molecule has 0 saturated carbocycles. The Kier molecular flexibility index (Phi) is 4.86. The van der Waals surface area contributed by atoms with Gasteiger partial charge in [0.05, 0.1) is 11.1 Å². The monoisotopic (exact) mass is 337 g/mol. The summed E-state index contributed by atoms with van der Waals surface area (Å²) < 4.78 is 0. The molecule has 0 unspecified atom stereocenters. The third-order valence-electron chi connectivity index (χ3n) is 4.70. The van der Waals surface area contributed by atoms with E-state index in [9.17, 15) is 0 Å². The molecule has 3 nitrogen and oxygen atoms in total. The van der Waals surface area contributed by atoms with Crippen molar-refractivity contribution < 1.29 is 0 Å². The van der Waals surface area contributed by atoms with Gasteiger partial charge in [-0.15, -0.1) is 11.8 Å². The number of para-hydroxylation sites is 1. The Labute approximate surface area is 148 Å². The third-order valence-corrected chi connectivity index (χ3v) is 5.86. The summed E-state index contributed by atoms with van der Waals surface area (Å²) in [5, 5.41) is 1.21. The van der Waals surface area contributed by atoms with Gasteiger partial charge in [-0.2, -0.15) is 0 Å². The fraction of sp³-hybridized carbons (Fsp3) is 0.350. The molecule has 0 amide bonds. The molecule has 2 aliphatic heterocycles. The second-order valence-corrected chi connectivity index (χ2v) is 7.40. The van der Waals surface area contributed by atoms with Gasteiger partial charge in [-0.05, 0) is 12.1 Å². The van der Waals surface area contributed by atoms with Crippen LogP contribution >= 0.6 is 11.8 Å². The van der Waals surface area contributed by atoms with Crippen molar-refractivity contribution in [2.24, 2.45) is 4.99 Å². The van der Waals surface area contributed by atoms with Crippen LogP contribution in [0.25, 0.3) is 0 Å². The van der Waals surface area contributed by atoms with Crippen LogP contribution in [0.4, 0.5) is 5.69 Å². The van der Waals surface area contributed by atoms with Gasteiger partial charge in [0.15, 0.2) is 0 Å². The predicted molar refractivity (Wildman–Crippen MR) is 104 cm³/mol. The van der Waals surface area contributed by atoms with Gasteiger partial charge in [-0.3, -0.25) is 9.89 Å². The van der Waals surface area contributed by atoms with Crippen molar-refractivity contribution in [3.05, 3.63) is 66.2 Å². The number of nitrogens with zero attached hydrogens (tertiary/aromatic N) is 3. The number of aliphatic imine (C=N–C) groups is 1. The normalized spacial score (nSPS) is 21.8. The van der Waals surface area contributed by atoms with Gasteiger partial charge in [0.2, 0.25) is 0 Å². The van der Waals surface area contributed by atoms with Crippen molar-refractivity contribution in [3.8, 4) is 0 Å². The average molecular weight is 337 g/mol. The first-order valence-electron chi connectivity index (χ1n) is 8.67. The second-order valence-electron chi connectivity index (χ2n) is 6.39. The van der Waals surface area contributed by atoms with Crippen LogP contribution in [0, 0.1) is 0 Å². The number of thioether (sulfide) groups is 1. The largest absolute Gasteiger partial charge is 0.369 e. The van der Waals surface area contributed by atoms with Crippen LogP contribution in [0.5, 0.6) is 0 Å². The zero-order chi connectivity index (χ0) is 16.2. The molecule has 2 aromatic rings. The highest BCUT2D eigenvalue weighted by Gasteiger charge is 2.24. The summed E-state index contributed by atoms with van der Waals surface area (Å²) in [6.45, 7) is 5.57. The fourth-order valence-corrected chi connectivity index (χ4v) is 4.43. The minimum atomic E-state index is 0.438. The van der Waals surface area contributed by atoms with Gasteiger partial charge < -0.3 is 4.90 Å². The first-order chi connectivity index (χ1) is 11.9. The van der Waals surface area contributed by atoms with E-state index in [1.807, 2.05) is 11.8 Å². The molecule has 1 saturated heterocycles. The van der Waals surface area contributed by atoms with Crippen molar-refractivity contribution in [1.29, 1.82) is 0 Å². The molecule has 4 heteroatoms. The molecule has 2 aromatic carbocycles.